The number of hydrogen-bond acceptors (Lipinski definition) is 5. The molecule has 2 aliphatic rings. The maximum absolute atomic E-state index is 13.2. The first kappa shape index (κ1) is 26.7. The van der Waals surface area contributed by atoms with Gasteiger partial charge in [-0.2, -0.15) is 0 Å². The van der Waals surface area contributed by atoms with Crippen LogP contribution in [-0.4, -0.2) is 73.2 Å². The summed E-state index contributed by atoms with van der Waals surface area (Å²) in [6.07, 6.45) is 11.1. The molecule has 7 heteroatoms. The van der Waals surface area contributed by atoms with Gasteiger partial charge in [0.25, 0.3) is 0 Å². The summed E-state index contributed by atoms with van der Waals surface area (Å²) in [5, 5.41) is 0.950. The Morgan fingerprint density at radius 3 is 2.78 bits per heavy atom. The second-order valence-electron chi connectivity index (χ2n) is 10.5. The number of nitrogens with one attached hydrogen (secondary N) is 1. The van der Waals surface area contributed by atoms with E-state index in [2.05, 4.69) is 14.8 Å². The van der Waals surface area contributed by atoms with Crippen molar-refractivity contribution in [2.45, 2.75) is 70.3 Å². The van der Waals surface area contributed by atoms with Crippen LogP contribution in [0.25, 0.3) is 10.9 Å². The lowest BCUT2D eigenvalue weighted by Crippen LogP contribution is -2.43. The molecule has 1 N–H and O–H groups in total. The van der Waals surface area contributed by atoms with Gasteiger partial charge in [0.2, 0.25) is 11.5 Å². The standard InChI is InChI=1S/C29H43N3O4/c1-35-22-25-10-7-16-31(25)17-18-32(21-23-8-3-2-4-9-23)29(34)11-5-6-19-36-26-13-14-27-24(20-26)12-15-28(33)30-27/h12-15,20,23,25H,2-11,16-19,21-22H2,1H3,(H,30,33). The second-order valence-corrected chi connectivity index (χ2v) is 10.5. The highest BCUT2D eigenvalue weighted by Crippen LogP contribution is 2.25. The van der Waals surface area contributed by atoms with Crippen LogP contribution in [0.1, 0.15) is 64.2 Å². The van der Waals surface area contributed by atoms with Crippen LogP contribution < -0.4 is 10.3 Å². The predicted octanol–water partition coefficient (Wildman–Crippen LogP) is 4.60. The number of methoxy groups -OCH3 is 1. The van der Waals surface area contributed by atoms with Crippen LogP contribution in [0.4, 0.5) is 0 Å². The fourth-order valence-corrected chi connectivity index (χ4v) is 5.77. The summed E-state index contributed by atoms with van der Waals surface area (Å²) in [5.74, 6) is 1.73. The molecule has 36 heavy (non-hydrogen) atoms. The minimum Gasteiger partial charge on any atom is -0.494 e. The van der Waals surface area contributed by atoms with Crippen LogP contribution in [0.2, 0.25) is 0 Å². The Balaban J connectivity index is 1.23. The third kappa shape index (κ3) is 7.81. The van der Waals surface area contributed by atoms with Crippen LogP contribution in [0, 0.1) is 5.92 Å². The SMILES string of the molecule is COCC1CCCN1CCN(CC1CCCCC1)C(=O)CCCCOc1ccc2[nH]c(=O)ccc2c1. The Morgan fingerprint density at radius 1 is 1.08 bits per heavy atom. The Kier molecular flexibility index (Phi) is 10.2. The van der Waals surface area contributed by atoms with Gasteiger partial charge in [0.15, 0.2) is 0 Å². The smallest absolute Gasteiger partial charge is 0.248 e. The summed E-state index contributed by atoms with van der Waals surface area (Å²) in [5.41, 5.74) is 0.703. The summed E-state index contributed by atoms with van der Waals surface area (Å²) in [7, 11) is 1.78. The van der Waals surface area contributed by atoms with Gasteiger partial charge < -0.3 is 19.4 Å². The van der Waals surface area contributed by atoms with Crippen molar-refractivity contribution in [2.75, 3.05) is 46.5 Å². The van der Waals surface area contributed by atoms with Gasteiger partial charge in [-0.3, -0.25) is 14.5 Å². The number of hydrogen-bond donors (Lipinski definition) is 1. The Labute approximate surface area is 215 Å². The lowest BCUT2D eigenvalue weighted by atomic mass is 9.89. The zero-order valence-corrected chi connectivity index (χ0v) is 21.9. The molecule has 2 aromatic rings. The highest BCUT2D eigenvalue weighted by molar-refractivity contribution is 5.79. The van der Waals surface area contributed by atoms with Gasteiger partial charge in [0, 0.05) is 56.2 Å². The zero-order chi connectivity index (χ0) is 25.2. The van der Waals surface area contributed by atoms with Crippen molar-refractivity contribution in [1.82, 2.24) is 14.8 Å². The average Bonchev–Trinajstić information content (AvgIpc) is 3.34. The van der Waals surface area contributed by atoms with Gasteiger partial charge >= 0.3 is 0 Å². The number of fused-ring (bicyclic) bond motifs is 1. The molecule has 1 amide bonds. The van der Waals surface area contributed by atoms with E-state index in [0.717, 1.165) is 62.3 Å². The normalized spacial score (nSPS) is 19.1. The molecule has 1 aromatic carbocycles. The van der Waals surface area contributed by atoms with Crippen molar-refractivity contribution in [3.05, 3.63) is 40.7 Å². The maximum Gasteiger partial charge on any atom is 0.248 e. The van der Waals surface area contributed by atoms with E-state index < -0.39 is 0 Å². The minimum absolute atomic E-state index is 0.103. The van der Waals surface area contributed by atoms with E-state index in [-0.39, 0.29) is 11.5 Å². The van der Waals surface area contributed by atoms with Gasteiger partial charge in [-0.25, -0.2) is 0 Å². The molecule has 2 heterocycles. The van der Waals surface area contributed by atoms with Crippen molar-refractivity contribution in [1.29, 1.82) is 0 Å². The number of pyridine rings is 1. The number of amides is 1. The number of aromatic amines is 1. The molecule has 0 radical (unpaired) electrons. The van der Waals surface area contributed by atoms with Crippen LogP contribution in [0.3, 0.4) is 0 Å². The number of likely N-dealkylation sites (tertiary alicyclic amines) is 1. The summed E-state index contributed by atoms with van der Waals surface area (Å²) in [6, 6.07) is 9.52. The lowest BCUT2D eigenvalue weighted by Gasteiger charge is -2.32. The Morgan fingerprint density at radius 2 is 1.94 bits per heavy atom. The van der Waals surface area contributed by atoms with E-state index in [1.807, 2.05) is 18.2 Å². The minimum atomic E-state index is -0.103. The van der Waals surface area contributed by atoms with E-state index in [0.29, 0.717) is 25.0 Å². The Bertz CT molecular complexity index is 1020. The molecule has 1 saturated carbocycles. The molecule has 4 rings (SSSR count). The topological polar surface area (TPSA) is 74.9 Å². The van der Waals surface area contributed by atoms with Gasteiger partial charge in [-0.1, -0.05) is 19.3 Å². The predicted molar refractivity (Wildman–Crippen MR) is 144 cm³/mol. The number of nitrogens with zero attached hydrogens (tertiary/aromatic N) is 2. The summed E-state index contributed by atoms with van der Waals surface area (Å²) in [6.45, 7) is 5.16. The van der Waals surface area contributed by atoms with Crippen molar-refractivity contribution < 1.29 is 14.3 Å². The molecule has 198 valence electrons. The summed E-state index contributed by atoms with van der Waals surface area (Å²) in [4.78, 5) is 32.2. The molecular formula is C29H43N3O4. The van der Waals surface area contributed by atoms with Crippen molar-refractivity contribution >= 4 is 16.8 Å². The van der Waals surface area contributed by atoms with Crippen molar-refractivity contribution in [2.24, 2.45) is 5.92 Å². The Hall–Kier alpha value is -2.38. The first-order chi connectivity index (χ1) is 17.6. The van der Waals surface area contributed by atoms with E-state index >= 15 is 0 Å². The van der Waals surface area contributed by atoms with Crippen LogP contribution in [-0.2, 0) is 9.53 Å². The lowest BCUT2D eigenvalue weighted by molar-refractivity contribution is -0.132. The average molecular weight is 498 g/mol. The molecular weight excluding hydrogens is 454 g/mol. The molecule has 1 aromatic heterocycles. The van der Waals surface area contributed by atoms with Gasteiger partial charge in [-0.15, -0.1) is 0 Å². The third-order valence-electron chi connectivity index (χ3n) is 7.82. The van der Waals surface area contributed by atoms with Gasteiger partial charge in [-0.05, 0) is 75.3 Å². The number of unbranched alkanes of at least 4 members (excludes halogenated alkanes) is 1. The summed E-state index contributed by atoms with van der Waals surface area (Å²) < 4.78 is 11.3. The van der Waals surface area contributed by atoms with Crippen LogP contribution >= 0.6 is 0 Å². The number of carbonyl (C=O) groups is 1. The number of rotatable bonds is 13. The van der Waals surface area contributed by atoms with E-state index in [4.69, 9.17) is 9.47 Å². The molecule has 1 aliphatic carbocycles. The fourth-order valence-electron chi connectivity index (χ4n) is 5.77. The number of benzene rings is 1. The number of aromatic nitrogens is 1. The highest BCUT2D eigenvalue weighted by atomic mass is 16.5. The van der Waals surface area contributed by atoms with Crippen LogP contribution in [0.5, 0.6) is 5.75 Å². The molecule has 1 atom stereocenters. The first-order valence-corrected chi connectivity index (χ1v) is 13.9. The highest BCUT2D eigenvalue weighted by Gasteiger charge is 2.26. The van der Waals surface area contributed by atoms with E-state index in [1.54, 1.807) is 13.2 Å². The number of H-pyrrole nitrogens is 1. The molecule has 7 nitrogen and oxygen atoms in total. The fraction of sp³-hybridized carbons (Fsp3) is 0.655. The second kappa shape index (κ2) is 13.8. The molecule has 2 fully saturated rings. The molecule has 1 aliphatic heterocycles. The van der Waals surface area contributed by atoms with Crippen molar-refractivity contribution in [3.8, 4) is 5.75 Å². The maximum atomic E-state index is 13.2. The summed E-state index contributed by atoms with van der Waals surface area (Å²) >= 11 is 0. The van der Waals surface area contributed by atoms with E-state index in [9.17, 15) is 9.59 Å². The molecule has 0 bridgehead atoms. The molecule has 0 spiro atoms. The zero-order valence-electron chi connectivity index (χ0n) is 21.9. The molecule has 1 saturated heterocycles. The monoisotopic (exact) mass is 497 g/mol. The number of ether oxygens (including phenoxy) is 2. The van der Waals surface area contributed by atoms with Gasteiger partial charge in [0.05, 0.1) is 13.2 Å². The van der Waals surface area contributed by atoms with Gasteiger partial charge in [0.1, 0.15) is 5.75 Å². The first-order valence-electron chi connectivity index (χ1n) is 13.9. The third-order valence-corrected chi connectivity index (χ3v) is 7.82. The van der Waals surface area contributed by atoms with Crippen molar-refractivity contribution in [3.63, 3.8) is 0 Å². The molecule has 1 unspecified atom stereocenters. The number of carbonyl (C=O) groups excluding carboxylic acids is 1. The largest absolute Gasteiger partial charge is 0.494 e. The quantitative estimate of drug-likeness (QED) is 0.410. The van der Waals surface area contributed by atoms with E-state index in [1.165, 1.54) is 51.0 Å². The van der Waals surface area contributed by atoms with Crippen LogP contribution in [0.15, 0.2) is 35.1 Å².